The molecular formula is C19H24N2O. The zero-order valence-electron chi connectivity index (χ0n) is 12.8. The van der Waals surface area contributed by atoms with E-state index in [1.54, 1.807) is 0 Å². The highest BCUT2D eigenvalue weighted by molar-refractivity contribution is 5.33. The number of rotatable bonds is 6. The fourth-order valence-corrected chi connectivity index (χ4v) is 3.16. The zero-order chi connectivity index (χ0) is 15.4. The molecule has 4 N–H and O–H groups in total. The first-order valence-corrected chi connectivity index (χ1v) is 8.00. The molecule has 0 aliphatic heterocycles. The number of benzene rings is 2. The topological polar surface area (TPSA) is 58.3 Å². The van der Waals surface area contributed by atoms with Crippen LogP contribution in [0.25, 0.3) is 0 Å². The van der Waals surface area contributed by atoms with Gasteiger partial charge in [0.1, 0.15) is 0 Å². The van der Waals surface area contributed by atoms with Crippen molar-refractivity contribution in [2.24, 2.45) is 5.73 Å². The van der Waals surface area contributed by atoms with Crippen LogP contribution in [0.5, 0.6) is 0 Å². The summed E-state index contributed by atoms with van der Waals surface area (Å²) < 4.78 is 0. The minimum atomic E-state index is -0.524. The largest absolute Gasteiger partial charge is 0.390 e. The van der Waals surface area contributed by atoms with E-state index in [4.69, 9.17) is 5.73 Å². The second-order valence-electron chi connectivity index (χ2n) is 6.20. The molecule has 3 heteroatoms. The Hall–Kier alpha value is -1.68. The molecule has 0 unspecified atom stereocenters. The number of hydrogen-bond acceptors (Lipinski definition) is 3. The van der Waals surface area contributed by atoms with Crippen LogP contribution < -0.4 is 11.1 Å². The molecule has 0 bridgehead atoms. The minimum Gasteiger partial charge on any atom is -0.390 e. The average molecular weight is 296 g/mol. The van der Waals surface area contributed by atoms with Crippen LogP contribution in [0.4, 0.5) is 0 Å². The Bertz CT molecular complexity index is 574. The Kier molecular flexibility index (Phi) is 4.88. The van der Waals surface area contributed by atoms with Gasteiger partial charge < -0.3 is 16.2 Å². The van der Waals surface area contributed by atoms with Crippen molar-refractivity contribution in [1.29, 1.82) is 0 Å². The second-order valence-corrected chi connectivity index (χ2v) is 6.20. The van der Waals surface area contributed by atoms with Gasteiger partial charge in [0.2, 0.25) is 0 Å². The lowest BCUT2D eigenvalue weighted by molar-refractivity contribution is 0.138. The zero-order valence-corrected chi connectivity index (χ0v) is 12.8. The molecule has 3 nitrogen and oxygen atoms in total. The van der Waals surface area contributed by atoms with Crippen LogP contribution in [0.2, 0.25) is 0 Å². The molecule has 2 aromatic rings. The molecule has 1 aliphatic carbocycles. The summed E-state index contributed by atoms with van der Waals surface area (Å²) in [6.45, 7) is 0.548. The van der Waals surface area contributed by atoms with E-state index in [0.29, 0.717) is 19.0 Å². The van der Waals surface area contributed by atoms with E-state index in [1.807, 2.05) is 30.3 Å². The maximum absolute atomic E-state index is 10.3. The van der Waals surface area contributed by atoms with E-state index in [-0.39, 0.29) is 6.04 Å². The quantitative estimate of drug-likeness (QED) is 0.760. The van der Waals surface area contributed by atoms with Gasteiger partial charge >= 0.3 is 0 Å². The lowest BCUT2D eigenvalue weighted by Gasteiger charge is -2.21. The summed E-state index contributed by atoms with van der Waals surface area (Å²) in [7, 11) is 0. The standard InChI is InChI=1S/C19H24N2O/c20-18(10-14-6-2-1-3-7-14)19(22)13-21-17-11-15-8-4-5-9-16(15)12-17/h1-9,17-19,21-22H,10-13,20H2/t18-,19+/m0/s1. The van der Waals surface area contributed by atoms with Crippen molar-refractivity contribution in [3.05, 3.63) is 71.3 Å². The number of nitrogens with one attached hydrogen (secondary N) is 1. The molecule has 0 fully saturated rings. The van der Waals surface area contributed by atoms with Crippen LogP contribution in [0.1, 0.15) is 16.7 Å². The summed E-state index contributed by atoms with van der Waals surface area (Å²) in [5.74, 6) is 0. The van der Waals surface area contributed by atoms with Crippen molar-refractivity contribution in [2.75, 3.05) is 6.54 Å². The molecule has 0 radical (unpaired) electrons. The van der Waals surface area contributed by atoms with Crippen LogP contribution in [0.3, 0.4) is 0 Å². The molecule has 0 amide bonds. The Balaban J connectivity index is 1.46. The molecule has 0 spiro atoms. The second kappa shape index (κ2) is 7.05. The fourth-order valence-electron chi connectivity index (χ4n) is 3.16. The van der Waals surface area contributed by atoms with Crippen LogP contribution >= 0.6 is 0 Å². The van der Waals surface area contributed by atoms with E-state index in [2.05, 4.69) is 29.6 Å². The van der Waals surface area contributed by atoms with Crippen molar-refractivity contribution in [2.45, 2.75) is 37.5 Å². The molecule has 2 aromatic carbocycles. The molecule has 0 aromatic heterocycles. The highest BCUT2D eigenvalue weighted by Gasteiger charge is 2.22. The molecular weight excluding hydrogens is 272 g/mol. The van der Waals surface area contributed by atoms with Crippen LogP contribution in [0, 0.1) is 0 Å². The van der Waals surface area contributed by atoms with Crippen molar-refractivity contribution >= 4 is 0 Å². The van der Waals surface area contributed by atoms with Gasteiger partial charge in [0.25, 0.3) is 0 Å². The maximum atomic E-state index is 10.3. The van der Waals surface area contributed by atoms with E-state index in [9.17, 15) is 5.11 Å². The predicted octanol–water partition coefficient (Wildman–Crippen LogP) is 1.67. The fraction of sp³-hybridized carbons (Fsp3) is 0.368. The predicted molar refractivity (Wildman–Crippen MR) is 89.8 cm³/mol. The van der Waals surface area contributed by atoms with Crippen molar-refractivity contribution in [1.82, 2.24) is 5.32 Å². The van der Waals surface area contributed by atoms with Crippen LogP contribution in [-0.2, 0) is 19.3 Å². The van der Waals surface area contributed by atoms with Gasteiger partial charge in [-0.3, -0.25) is 0 Å². The van der Waals surface area contributed by atoms with E-state index < -0.39 is 6.10 Å². The first-order chi connectivity index (χ1) is 10.7. The molecule has 0 heterocycles. The number of fused-ring (bicyclic) bond motifs is 1. The summed E-state index contributed by atoms with van der Waals surface area (Å²) in [5, 5.41) is 13.7. The molecule has 0 saturated carbocycles. The third-order valence-corrected chi connectivity index (χ3v) is 4.48. The lowest BCUT2D eigenvalue weighted by Crippen LogP contribution is -2.45. The van der Waals surface area contributed by atoms with Gasteiger partial charge in [0.15, 0.2) is 0 Å². The van der Waals surface area contributed by atoms with Crippen molar-refractivity contribution in [3.63, 3.8) is 0 Å². The van der Waals surface area contributed by atoms with Gasteiger partial charge in [0.05, 0.1) is 6.10 Å². The van der Waals surface area contributed by atoms with Gasteiger partial charge in [-0.15, -0.1) is 0 Å². The third-order valence-electron chi connectivity index (χ3n) is 4.48. The SMILES string of the molecule is N[C@@H](Cc1ccccc1)[C@H](O)CNC1Cc2ccccc2C1. The number of hydrogen-bond donors (Lipinski definition) is 3. The highest BCUT2D eigenvalue weighted by atomic mass is 16.3. The summed E-state index contributed by atoms with van der Waals surface area (Å²) in [4.78, 5) is 0. The van der Waals surface area contributed by atoms with Gasteiger partial charge in [0, 0.05) is 18.6 Å². The maximum Gasteiger partial charge on any atom is 0.0818 e. The van der Waals surface area contributed by atoms with E-state index in [1.165, 1.54) is 16.7 Å². The Labute approximate surface area is 132 Å². The van der Waals surface area contributed by atoms with Crippen LogP contribution in [-0.4, -0.2) is 29.8 Å². The van der Waals surface area contributed by atoms with Crippen LogP contribution in [0.15, 0.2) is 54.6 Å². The number of nitrogens with two attached hydrogens (primary N) is 1. The Morgan fingerprint density at radius 3 is 2.23 bits per heavy atom. The van der Waals surface area contributed by atoms with E-state index >= 15 is 0 Å². The van der Waals surface area contributed by atoms with Crippen molar-refractivity contribution < 1.29 is 5.11 Å². The van der Waals surface area contributed by atoms with Gasteiger partial charge in [-0.2, -0.15) is 0 Å². The number of aliphatic hydroxyl groups excluding tert-OH is 1. The van der Waals surface area contributed by atoms with Gasteiger partial charge in [-0.05, 0) is 36.0 Å². The lowest BCUT2D eigenvalue weighted by atomic mass is 10.0. The monoisotopic (exact) mass is 296 g/mol. The summed E-state index contributed by atoms with van der Waals surface area (Å²) >= 11 is 0. The van der Waals surface area contributed by atoms with Gasteiger partial charge in [-0.25, -0.2) is 0 Å². The molecule has 2 atom stereocenters. The Morgan fingerprint density at radius 2 is 1.59 bits per heavy atom. The average Bonchev–Trinajstić information content (AvgIpc) is 2.96. The highest BCUT2D eigenvalue weighted by Crippen LogP contribution is 2.21. The normalized spacial score (nSPS) is 17.2. The van der Waals surface area contributed by atoms with Crippen molar-refractivity contribution in [3.8, 4) is 0 Å². The summed E-state index contributed by atoms with van der Waals surface area (Å²) in [5.41, 5.74) is 10.1. The number of aliphatic hydroxyl groups is 1. The first-order valence-electron chi connectivity index (χ1n) is 8.00. The van der Waals surface area contributed by atoms with Gasteiger partial charge in [-0.1, -0.05) is 54.6 Å². The third kappa shape index (κ3) is 3.74. The Morgan fingerprint density at radius 1 is 1.00 bits per heavy atom. The summed E-state index contributed by atoms with van der Waals surface area (Å²) in [6, 6.07) is 18.8. The molecule has 3 rings (SSSR count). The molecule has 116 valence electrons. The molecule has 0 saturated heterocycles. The molecule has 1 aliphatic rings. The van der Waals surface area contributed by atoms with E-state index in [0.717, 1.165) is 12.8 Å². The summed E-state index contributed by atoms with van der Waals surface area (Å²) in [6.07, 6.45) is 2.26. The first kappa shape index (κ1) is 15.2. The minimum absolute atomic E-state index is 0.237. The molecule has 22 heavy (non-hydrogen) atoms. The smallest absolute Gasteiger partial charge is 0.0818 e.